The van der Waals surface area contributed by atoms with Gasteiger partial charge in [0.1, 0.15) is 0 Å². The van der Waals surface area contributed by atoms with E-state index in [4.69, 9.17) is 0 Å². The van der Waals surface area contributed by atoms with Gasteiger partial charge in [0.05, 0.1) is 0 Å². The zero-order valence-corrected chi connectivity index (χ0v) is 5.39. The van der Waals surface area contributed by atoms with Crippen LogP contribution >= 0.6 is 12.4 Å². The maximum atomic E-state index is 3.42. The van der Waals surface area contributed by atoms with Gasteiger partial charge in [0.25, 0.3) is 0 Å². The molecule has 0 bridgehead atoms. The van der Waals surface area contributed by atoms with E-state index in [1.165, 1.54) is 0 Å². The predicted octanol–water partition coefficient (Wildman–Crippen LogP) is 1.82. The van der Waals surface area contributed by atoms with Gasteiger partial charge in [0.15, 0.2) is 0 Å². The SMILES string of the molecule is C=C[CH-]C.Cl.[Ni]. The predicted molar refractivity (Wildman–Crippen MR) is 27.4 cm³/mol. The Hall–Kier alpha value is 0.394. The third-order valence-corrected chi connectivity index (χ3v) is 0.236. The number of halogens is 1. The summed E-state index contributed by atoms with van der Waals surface area (Å²) in [6, 6.07) is 0. The van der Waals surface area contributed by atoms with Gasteiger partial charge in [-0.25, -0.2) is 19.1 Å². The molecule has 0 aromatic heterocycles. The zero-order valence-electron chi connectivity index (χ0n) is 3.59. The second kappa shape index (κ2) is 18.2. The summed E-state index contributed by atoms with van der Waals surface area (Å²) >= 11 is 0. The molecule has 0 fully saturated rings. The second-order valence-electron chi connectivity index (χ2n) is 0.569. The minimum Gasteiger partial charge on any atom is -0.245 e. The van der Waals surface area contributed by atoms with Crippen molar-refractivity contribution in [2.75, 3.05) is 0 Å². The van der Waals surface area contributed by atoms with Crippen LogP contribution in [-0.4, -0.2) is 0 Å². The van der Waals surface area contributed by atoms with Crippen molar-refractivity contribution < 1.29 is 16.5 Å². The van der Waals surface area contributed by atoms with E-state index in [1.807, 2.05) is 13.3 Å². The molecule has 0 rings (SSSR count). The minimum atomic E-state index is 0. The smallest absolute Gasteiger partial charge is 0 e. The van der Waals surface area contributed by atoms with Crippen molar-refractivity contribution in [3.05, 3.63) is 19.1 Å². The van der Waals surface area contributed by atoms with Crippen molar-refractivity contribution in [2.24, 2.45) is 0 Å². The summed E-state index contributed by atoms with van der Waals surface area (Å²) in [4.78, 5) is 0. The molecule has 0 atom stereocenters. The van der Waals surface area contributed by atoms with Gasteiger partial charge in [0.2, 0.25) is 0 Å². The summed E-state index contributed by atoms with van der Waals surface area (Å²) < 4.78 is 0. The molecule has 0 spiro atoms. The number of hydrogen-bond donors (Lipinski definition) is 0. The van der Waals surface area contributed by atoms with Gasteiger partial charge in [-0.1, -0.05) is 0 Å². The molecule has 0 saturated carbocycles. The van der Waals surface area contributed by atoms with E-state index in [1.54, 1.807) is 6.08 Å². The number of rotatable bonds is 1. The van der Waals surface area contributed by atoms with Gasteiger partial charge in [-0.15, -0.1) is 19.3 Å². The first-order valence-electron chi connectivity index (χ1n) is 1.32. The Balaban J connectivity index is -0.0000000450. The molecule has 0 aliphatic heterocycles. The summed E-state index contributed by atoms with van der Waals surface area (Å²) in [7, 11) is 0. The van der Waals surface area contributed by atoms with Crippen molar-refractivity contribution in [1.29, 1.82) is 0 Å². The van der Waals surface area contributed by atoms with Crippen LogP contribution in [0.15, 0.2) is 12.7 Å². The molecule has 0 aliphatic carbocycles. The third-order valence-electron chi connectivity index (χ3n) is 0.236. The molecular formula is C4H8ClNi-. The van der Waals surface area contributed by atoms with Crippen molar-refractivity contribution in [2.45, 2.75) is 6.92 Å². The molecule has 6 heavy (non-hydrogen) atoms. The molecule has 0 amide bonds. The van der Waals surface area contributed by atoms with Crippen molar-refractivity contribution in [3.63, 3.8) is 0 Å². The van der Waals surface area contributed by atoms with Crippen LogP contribution in [0.4, 0.5) is 0 Å². The van der Waals surface area contributed by atoms with E-state index in [-0.39, 0.29) is 28.9 Å². The van der Waals surface area contributed by atoms with E-state index in [0.29, 0.717) is 0 Å². The van der Waals surface area contributed by atoms with Gasteiger partial charge in [0, 0.05) is 16.5 Å². The number of allylic oxidation sites excluding steroid dienone is 1. The first kappa shape index (κ1) is 16.2. The summed E-state index contributed by atoms with van der Waals surface area (Å²) in [5, 5.41) is 0. The molecule has 0 aromatic rings. The van der Waals surface area contributed by atoms with Gasteiger partial charge < -0.3 is 0 Å². The Labute approximate surface area is 55.3 Å². The molecule has 42 valence electrons. The van der Waals surface area contributed by atoms with Gasteiger partial charge in [-0.3, -0.25) is 0 Å². The van der Waals surface area contributed by atoms with Crippen LogP contribution in [0.3, 0.4) is 0 Å². The van der Waals surface area contributed by atoms with Crippen LogP contribution < -0.4 is 0 Å². The van der Waals surface area contributed by atoms with E-state index in [0.717, 1.165) is 0 Å². The Morgan fingerprint density at radius 3 is 1.83 bits per heavy atom. The van der Waals surface area contributed by atoms with Crippen molar-refractivity contribution in [3.8, 4) is 0 Å². The Kier molecular flexibility index (Phi) is 48.9. The fourth-order valence-corrected chi connectivity index (χ4v) is 0. The molecule has 0 unspecified atom stereocenters. The molecule has 0 heterocycles. The first-order chi connectivity index (χ1) is 1.91. The minimum absolute atomic E-state index is 0. The Bertz CT molecular complexity index is 21.5. The van der Waals surface area contributed by atoms with Crippen LogP contribution in [0.25, 0.3) is 0 Å². The van der Waals surface area contributed by atoms with Gasteiger partial charge >= 0.3 is 0 Å². The molecule has 0 aliphatic rings. The fraction of sp³-hybridized carbons (Fsp3) is 0.250. The quantitative estimate of drug-likeness (QED) is 0.395. The zero-order chi connectivity index (χ0) is 3.41. The van der Waals surface area contributed by atoms with Gasteiger partial charge in [-0.05, 0) is 0 Å². The molecular weight excluding hydrogens is 142 g/mol. The van der Waals surface area contributed by atoms with Crippen LogP contribution in [0, 0.1) is 6.42 Å². The van der Waals surface area contributed by atoms with Crippen LogP contribution in [0.5, 0.6) is 0 Å². The summed E-state index contributed by atoms with van der Waals surface area (Å²) in [5.41, 5.74) is 0. The molecule has 2 heteroatoms. The maximum Gasteiger partial charge on any atom is 0 e. The molecule has 0 N–H and O–H groups in total. The van der Waals surface area contributed by atoms with Gasteiger partial charge in [-0.2, -0.15) is 0 Å². The first-order valence-corrected chi connectivity index (χ1v) is 1.32. The maximum absolute atomic E-state index is 3.42. The largest absolute Gasteiger partial charge is 0.245 e. The monoisotopic (exact) mass is 149 g/mol. The average molecular weight is 150 g/mol. The van der Waals surface area contributed by atoms with E-state index < -0.39 is 0 Å². The Morgan fingerprint density at radius 1 is 1.67 bits per heavy atom. The molecule has 0 nitrogen and oxygen atoms in total. The normalized spacial score (nSPS) is 3.50. The standard InChI is InChI=1S/C4H7.ClH.Ni/c1-3-4-2;;/h3-4H,1H2,2H3;1H;/q-1;;. The molecule has 0 radical (unpaired) electrons. The summed E-state index contributed by atoms with van der Waals surface area (Å²) in [5.74, 6) is 0. The summed E-state index contributed by atoms with van der Waals surface area (Å²) in [6.45, 7) is 5.36. The Morgan fingerprint density at radius 2 is 1.83 bits per heavy atom. The van der Waals surface area contributed by atoms with E-state index in [2.05, 4.69) is 6.58 Å². The van der Waals surface area contributed by atoms with E-state index in [9.17, 15) is 0 Å². The average Bonchev–Trinajstić information content (AvgIpc) is 1.37. The second-order valence-corrected chi connectivity index (χ2v) is 0.569. The summed E-state index contributed by atoms with van der Waals surface area (Å²) in [6.07, 6.45) is 3.64. The fourth-order valence-electron chi connectivity index (χ4n) is 0. The van der Waals surface area contributed by atoms with Crippen LogP contribution in [0.1, 0.15) is 6.92 Å². The number of hydrogen-bond acceptors (Lipinski definition) is 0. The molecule has 0 aromatic carbocycles. The van der Waals surface area contributed by atoms with Crippen LogP contribution in [-0.2, 0) is 16.5 Å². The topological polar surface area (TPSA) is 0 Å². The van der Waals surface area contributed by atoms with Crippen molar-refractivity contribution in [1.82, 2.24) is 0 Å². The van der Waals surface area contributed by atoms with Crippen LogP contribution in [0.2, 0.25) is 0 Å². The van der Waals surface area contributed by atoms with E-state index >= 15 is 0 Å². The third kappa shape index (κ3) is 26.1. The molecule has 0 saturated heterocycles. The van der Waals surface area contributed by atoms with Crippen molar-refractivity contribution >= 4 is 12.4 Å².